The second kappa shape index (κ2) is 5.69. The van der Waals surface area contributed by atoms with Gasteiger partial charge in [-0.2, -0.15) is 0 Å². The minimum absolute atomic E-state index is 0.167. The van der Waals surface area contributed by atoms with Crippen molar-refractivity contribution in [1.29, 1.82) is 0 Å². The van der Waals surface area contributed by atoms with Gasteiger partial charge in [-0.25, -0.2) is 4.79 Å². The smallest absolute Gasteiger partial charge is 0.331 e. The van der Waals surface area contributed by atoms with E-state index < -0.39 is 17.9 Å². The molecule has 1 aliphatic heterocycles. The molecule has 0 saturated carbocycles. The molecule has 0 aromatic carbocycles. The van der Waals surface area contributed by atoms with E-state index in [9.17, 15) is 15.0 Å². The van der Waals surface area contributed by atoms with E-state index in [-0.39, 0.29) is 12.7 Å². The molecule has 2 unspecified atom stereocenters. The fraction of sp³-hybridized carbons (Fsp3) is 0.500. The molecule has 19 heavy (non-hydrogen) atoms. The van der Waals surface area contributed by atoms with Crippen LogP contribution in [0.25, 0.3) is 0 Å². The Labute approximate surface area is 111 Å². The molecule has 5 heteroatoms. The van der Waals surface area contributed by atoms with E-state index in [1.165, 1.54) is 6.08 Å². The predicted octanol–water partition coefficient (Wildman–Crippen LogP) is 0.830. The lowest BCUT2D eigenvalue weighted by atomic mass is 9.83. The first kappa shape index (κ1) is 14.0. The lowest BCUT2D eigenvalue weighted by Crippen LogP contribution is -2.43. The molecule has 2 rings (SSSR count). The molecule has 1 saturated heterocycles. The third-order valence-electron chi connectivity index (χ3n) is 3.36. The van der Waals surface area contributed by atoms with Crippen molar-refractivity contribution in [2.24, 2.45) is 0 Å². The van der Waals surface area contributed by atoms with Crippen LogP contribution in [0.5, 0.6) is 0 Å². The molecule has 1 heterocycles. The van der Waals surface area contributed by atoms with Gasteiger partial charge in [-0.1, -0.05) is 18.2 Å². The molecule has 1 aliphatic carbocycles. The molecule has 3 atom stereocenters. The van der Waals surface area contributed by atoms with Crippen LogP contribution in [0.1, 0.15) is 19.8 Å². The summed E-state index contributed by atoms with van der Waals surface area (Å²) in [7, 11) is 0. The number of esters is 1. The van der Waals surface area contributed by atoms with Crippen molar-refractivity contribution >= 4 is 5.97 Å². The molecule has 5 nitrogen and oxygen atoms in total. The standard InChI is InChI=1S/C14H18O5/c1-2-3-4-5-12(15)19-11-6-7-14(17)10(8-11)9-18-13(14)16/h2-5,8,11,13,16-17H,6-7,9H2,1H3/t11?,13?,14-/m0/s1. The van der Waals surface area contributed by atoms with Gasteiger partial charge in [0, 0.05) is 6.08 Å². The van der Waals surface area contributed by atoms with Crippen molar-refractivity contribution in [3.63, 3.8) is 0 Å². The number of ether oxygens (including phenoxy) is 2. The maximum Gasteiger partial charge on any atom is 0.331 e. The Morgan fingerprint density at radius 3 is 3.11 bits per heavy atom. The van der Waals surface area contributed by atoms with Crippen molar-refractivity contribution in [2.45, 2.75) is 37.8 Å². The topological polar surface area (TPSA) is 76.0 Å². The van der Waals surface area contributed by atoms with E-state index >= 15 is 0 Å². The van der Waals surface area contributed by atoms with Crippen molar-refractivity contribution in [3.05, 3.63) is 36.0 Å². The fourth-order valence-corrected chi connectivity index (χ4v) is 2.26. The first-order chi connectivity index (χ1) is 9.06. The summed E-state index contributed by atoms with van der Waals surface area (Å²) in [5.74, 6) is -0.426. The van der Waals surface area contributed by atoms with Gasteiger partial charge in [-0.05, 0) is 31.4 Å². The van der Waals surface area contributed by atoms with Crippen LogP contribution in [0.15, 0.2) is 36.0 Å². The average Bonchev–Trinajstić information content (AvgIpc) is 2.67. The number of hydrogen-bond acceptors (Lipinski definition) is 5. The number of carbonyl (C=O) groups excluding carboxylic acids is 1. The van der Waals surface area contributed by atoms with Gasteiger partial charge in [0.15, 0.2) is 6.29 Å². The van der Waals surface area contributed by atoms with Gasteiger partial charge in [0.2, 0.25) is 0 Å². The lowest BCUT2D eigenvalue weighted by Gasteiger charge is -2.32. The molecule has 0 bridgehead atoms. The van der Waals surface area contributed by atoms with Gasteiger partial charge in [-0.15, -0.1) is 0 Å². The number of aliphatic hydroxyl groups excluding tert-OH is 1. The van der Waals surface area contributed by atoms with Crippen LogP contribution in [0.2, 0.25) is 0 Å². The Hall–Kier alpha value is -1.43. The first-order valence-corrected chi connectivity index (χ1v) is 6.29. The third-order valence-corrected chi connectivity index (χ3v) is 3.36. The Kier molecular flexibility index (Phi) is 4.19. The fourth-order valence-electron chi connectivity index (χ4n) is 2.26. The van der Waals surface area contributed by atoms with Crippen LogP contribution < -0.4 is 0 Å². The highest BCUT2D eigenvalue weighted by Gasteiger charge is 2.48. The summed E-state index contributed by atoms with van der Waals surface area (Å²) in [6.45, 7) is 2.02. The van der Waals surface area contributed by atoms with Gasteiger partial charge >= 0.3 is 5.97 Å². The second-order valence-electron chi connectivity index (χ2n) is 4.68. The third kappa shape index (κ3) is 2.94. The summed E-state index contributed by atoms with van der Waals surface area (Å²) >= 11 is 0. The summed E-state index contributed by atoms with van der Waals surface area (Å²) < 4.78 is 10.3. The molecular formula is C14H18O5. The highest BCUT2D eigenvalue weighted by atomic mass is 16.6. The summed E-state index contributed by atoms with van der Waals surface area (Å²) in [6.07, 6.45) is 7.37. The highest BCUT2D eigenvalue weighted by Crippen LogP contribution is 2.38. The number of aliphatic hydroxyl groups is 2. The van der Waals surface area contributed by atoms with E-state index in [0.29, 0.717) is 18.4 Å². The van der Waals surface area contributed by atoms with E-state index in [0.717, 1.165) is 0 Å². The number of allylic oxidation sites excluding steroid dienone is 3. The molecule has 0 aromatic heterocycles. The zero-order valence-electron chi connectivity index (χ0n) is 10.8. The van der Waals surface area contributed by atoms with E-state index in [1.807, 2.05) is 13.0 Å². The number of rotatable bonds is 3. The molecule has 2 aliphatic rings. The van der Waals surface area contributed by atoms with Gasteiger partial charge < -0.3 is 19.7 Å². The SMILES string of the molecule is CC=CC=CC(=O)OC1C=C2COC(O)[C@]2(O)CC1. The van der Waals surface area contributed by atoms with Crippen LogP contribution in [-0.4, -0.2) is 40.8 Å². The van der Waals surface area contributed by atoms with Crippen molar-refractivity contribution < 1.29 is 24.5 Å². The predicted molar refractivity (Wildman–Crippen MR) is 68.1 cm³/mol. The Balaban J connectivity index is 1.98. The average molecular weight is 266 g/mol. The summed E-state index contributed by atoms with van der Waals surface area (Å²) in [6, 6.07) is 0. The van der Waals surface area contributed by atoms with Gasteiger partial charge in [0.05, 0.1) is 6.61 Å². The Bertz CT molecular complexity index is 437. The number of fused-ring (bicyclic) bond motifs is 1. The minimum atomic E-state index is -1.32. The van der Waals surface area contributed by atoms with Crippen LogP contribution >= 0.6 is 0 Å². The molecule has 0 amide bonds. The van der Waals surface area contributed by atoms with Crippen LogP contribution in [0, 0.1) is 0 Å². The van der Waals surface area contributed by atoms with Gasteiger partial charge in [-0.3, -0.25) is 0 Å². The largest absolute Gasteiger partial charge is 0.455 e. The lowest BCUT2D eigenvalue weighted by molar-refractivity contribution is -0.161. The van der Waals surface area contributed by atoms with E-state index in [4.69, 9.17) is 9.47 Å². The minimum Gasteiger partial charge on any atom is -0.455 e. The maximum atomic E-state index is 11.5. The molecule has 2 N–H and O–H groups in total. The normalized spacial score (nSPS) is 34.6. The maximum absolute atomic E-state index is 11.5. The van der Waals surface area contributed by atoms with Crippen LogP contribution in [0.4, 0.5) is 0 Å². The van der Waals surface area contributed by atoms with E-state index in [1.54, 1.807) is 18.2 Å². The molecule has 0 spiro atoms. The summed E-state index contributed by atoms with van der Waals surface area (Å²) in [5, 5.41) is 19.8. The van der Waals surface area contributed by atoms with Crippen LogP contribution in [-0.2, 0) is 14.3 Å². The van der Waals surface area contributed by atoms with Crippen molar-refractivity contribution in [3.8, 4) is 0 Å². The van der Waals surface area contributed by atoms with Gasteiger partial charge in [0.25, 0.3) is 0 Å². The Morgan fingerprint density at radius 1 is 1.58 bits per heavy atom. The van der Waals surface area contributed by atoms with Gasteiger partial charge in [0.1, 0.15) is 11.7 Å². The van der Waals surface area contributed by atoms with Crippen molar-refractivity contribution in [2.75, 3.05) is 6.61 Å². The molecule has 0 radical (unpaired) electrons. The summed E-state index contributed by atoms with van der Waals surface area (Å²) in [5.41, 5.74) is -0.731. The Morgan fingerprint density at radius 2 is 2.37 bits per heavy atom. The quantitative estimate of drug-likeness (QED) is 0.342. The second-order valence-corrected chi connectivity index (χ2v) is 4.68. The molecule has 1 fully saturated rings. The highest BCUT2D eigenvalue weighted by molar-refractivity contribution is 5.82. The van der Waals surface area contributed by atoms with E-state index in [2.05, 4.69) is 0 Å². The molecular weight excluding hydrogens is 248 g/mol. The van der Waals surface area contributed by atoms with Crippen molar-refractivity contribution in [1.82, 2.24) is 0 Å². The number of carbonyl (C=O) groups is 1. The number of hydrogen-bond donors (Lipinski definition) is 2. The molecule has 0 aromatic rings. The van der Waals surface area contributed by atoms with Crippen LogP contribution in [0.3, 0.4) is 0 Å². The summed E-state index contributed by atoms with van der Waals surface area (Å²) in [4.78, 5) is 11.5. The first-order valence-electron chi connectivity index (χ1n) is 6.29. The monoisotopic (exact) mass is 266 g/mol. The zero-order valence-corrected chi connectivity index (χ0v) is 10.8. The zero-order chi connectivity index (χ0) is 13.9. The molecule has 104 valence electrons.